The van der Waals surface area contributed by atoms with Crippen LogP contribution >= 0.6 is 0 Å². The second-order valence-electron chi connectivity index (χ2n) is 5.65. The van der Waals surface area contributed by atoms with E-state index < -0.39 is 0 Å². The number of likely N-dealkylation sites (tertiary alicyclic amines) is 1. The molecule has 102 valence electrons. The molecule has 18 heavy (non-hydrogen) atoms. The molecule has 1 aromatic rings. The number of hydrogen-bond donors (Lipinski definition) is 1. The van der Waals surface area contributed by atoms with E-state index in [2.05, 4.69) is 33.6 Å². The van der Waals surface area contributed by atoms with Gasteiger partial charge in [0.15, 0.2) is 0 Å². The summed E-state index contributed by atoms with van der Waals surface area (Å²) in [5, 5.41) is 3.48. The maximum atomic E-state index is 4.27. The predicted octanol–water partition coefficient (Wildman–Crippen LogP) is 1.72. The molecule has 1 aliphatic heterocycles. The Kier molecular flexibility index (Phi) is 5.20. The van der Waals surface area contributed by atoms with Crippen LogP contribution in [0.3, 0.4) is 0 Å². The van der Waals surface area contributed by atoms with Crippen molar-refractivity contribution in [3.05, 3.63) is 18.2 Å². The smallest absolute Gasteiger partial charge is 0.0949 e. The molecule has 0 spiro atoms. The lowest BCUT2D eigenvalue weighted by Crippen LogP contribution is -2.26. The second-order valence-corrected chi connectivity index (χ2v) is 5.65. The molecule has 4 nitrogen and oxygen atoms in total. The van der Waals surface area contributed by atoms with Gasteiger partial charge in [0.2, 0.25) is 0 Å². The van der Waals surface area contributed by atoms with Crippen LogP contribution in [0.2, 0.25) is 0 Å². The van der Waals surface area contributed by atoms with E-state index in [1.54, 1.807) is 0 Å². The zero-order chi connectivity index (χ0) is 12.8. The van der Waals surface area contributed by atoms with Crippen LogP contribution in [0.25, 0.3) is 0 Å². The van der Waals surface area contributed by atoms with E-state index in [4.69, 9.17) is 0 Å². The Morgan fingerprint density at radius 3 is 2.78 bits per heavy atom. The highest BCUT2D eigenvalue weighted by molar-refractivity contribution is 4.98. The van der Waals surface area contributed by atoms with Crippen LogP contribution in [0, 0.1) is 5.92 Å². The molecule has 0 saturated carbocycles. The molecule has 1 saturated heterocycles. The van der Waals surface area contributed by atoms with Crippen molar-refractivity contribution in [2.24, 2.45) is 5.92 Å². The van der Waals surface area contributed by atoms with Gasteiger partial charge in [-0.15, -0.1) is 0 Å². The molecular formula is C14H26N4. The monoisotopic (exact) mass is 250 g/mol. The fraction of sp³-hybridized carbons (Fsp3) is 0.786. The third kappa shape index (κ3) is 4.10. The van der Waals surface area contributed by atoms with Crippen molar-refractivity contribution >= 4 is 0 Å². The Morgan fingerprint density at radius 2 is 2.06 bits per heavy atom. The van der Waals surface area contributed by atoms with Crippen molar-refractivity contribution in [2.45, 2.75) is 39.8 Å². The van der Waals surface area contributed by atoms with E-state index in [9.17, 15) is 0 Å². The zero-order valence-electron chi connectivity index (χ0n) is 11.7. The highest BCUT2D eigenvalue weighted by Crippen LogP contribution is 2.08. The molecule has 0 amide bonds. The molecule has 2 heterocycles. The summed E-state index contributed by atoms with van der Waals surface area (Å²) < 4.78 is 2.28. The average Bonchev–Trinajstić information content (AvgIpc) is 2.96. The third-order valence-corrected chi connectivity index (χ3v) is 3.51. The summed E-state index contributed by atoms with van der Waals surface area (Å²) in [6.07, 6.45) is 6.68. The zero-order valence-corrected chi connectivity index (χ0v) is 11.7. The van der Waals surface area contributed by atoms with Crippen molar-refractivity contribution < 1.29 is 0 Å². The van der Waals surface area contributed by atoms with Crippen LogP contribution < -0.4 is 5.32 Å². The summed E-state index contributed by atoms with van der Waals surface area (Å²) >= 11 is 0. The summed E-state index contributed by atoms with van der Waals surface area (Å²) in [5.74, 6) is 0.700. The van der Waals surface area contributed by atoms with Crippen LogP contribution in [0.4, 0.5) is 0 Å². The molecule has 0 atom stereocenters. The molecule has 4 heteroatoms. The van der Waals surface area contributed by atoms with Gasteiger partial charge in [-0.25, -0.2) is 4.98 Å². The normalized spacial score (nSPS) is 16.8. The number of aromatic nitrogens is 2. The van der Waals surface area contributed by atoms with Crippen LogP contribution in [0.5, 0.6) is 0 Å². The maximum absolute atomic E-state index is 4.27. The summed E-state index contributed by atoms with van der Waals surface area (Å²) in [6, 6.07) is 0. The Hall–Kier alpha value is -0.870. The number of imidazole rings is 1. The molecule has 1 fully saturated rings. The lowest BCUT2D eigenvalue weighted by Gasteiger charge is -2.16. The first kappa shape index (κ1) is 13.6. The standard InChI is InChI=1S/C14H26N4/c1-13(2)9-15-10-14-11-16-12-18(14)8-7-17-5-3-4-6-17/h11-13,15H,3-10H2,1-2H3. The first-order valence-corrected chi connectivity index (χ1v) is 7.18. The molecule has 1 N–H and O–H groups in total. The highest BCUT2D eigenvalue weighted by atomic mass is 15.2. The largest absolute Gasteiger partial charge is 0.332 e. The molecule has 0 radical (unpaired) electrons. The number of rotatable bonds is 7. The quantitative estimate of drug-likeness (QED) is 0.800. The van der Waals surface area contributed by atoms with Crippen molar-refractivity contribution in [1.82, 2.24) is 19.8 Å². The molecule has 0 aromatic carbocycles. The average molecular weight is 250 g/mol. The van der Waals surface area contributed by atoms with Gasteiger partial charge in [-0.3, -0.25) is 0 Å². The summed E-state index contributed by atoms with van der Waals surface area (Å²) in [5.41, 5.74) is 1.30. The molecule has 0 bridgehead atoms. The van der Waals surface area contributed by atoms with E-state index >= 15 is 0 Å². The number of nitrogens with one attached hydrogen (secondary N) is 1. The van der Waals surface area contributed by atoms with Gasteiger partial charge in [-0.1, -0.05) is 13.8 Å². The topological polar surface area (TPSA) is 33.1 Å². The molecular weight excluding hydrogens is 224 g/mol. The van der Waals surface area contributed by atoms with Crippen molar-refractivity contribution in [2.75, 3.05) is 26.2 Å². The molecule has 0 aliphatic carbocycles. The third-order valence-electron chi connectivity index (χ3n) is 3.51. The maximum Gasteiger partial charge on any atom is 0.0949 e. The van der Waals surface area contributed by atoms with E-state index in [1.165, 1.54) is 31.6 Å². The van der Waals surface area contributed by atoms with Crippen molar-refractivity contribution in [3.63, 3.8) is 0 Å². The summed E-state index contributed by atoms with van der Waals surface area (Å²) in [4.78, 5) is 6.82. The molecule has 2 rings (SSSR count). The minimum Gasteiger partial charge on any atom is -0.332 e. The van der Waals surface area contributed by atoms with Gasteiger partial charge in [-0.2, -0.15) is 0 Å². The minimum absolute atomic E-state index is 0.700. The van der Waals surface area contributed by atoms with Gasteiger partial charge in [0.25, 0.3) is 0 Å². The van der Waals surface area contributed by atoms with Crippen LogP contribution in [-0.2, 0) is 13.1 Å². The molecule has 0 unspecified atom stereocenters. The molecule has 1 aromatic heterocycles. The van der Waals surface area contributed by atoms with E-state index in [0.29, 0.717) is 5.92 Å². The van der Waals surface area contributed by atoms with Gasteiger partial charge < -0.3 is 14.8 Å². The molecule has 1 aliphatic rings. The lowest BCUT2D eigenvalue weighted by molar-refractivity contribution is 0.320. The summed E-state index contributed by atoms with van der Waals surface area (Å²) in [6.45, 7) is 11.2. The van der Waals surface area contributed by atoms with Crippen LogP contribution in [-0.4, -0.2) is 40.6 Å². The SMILES string of the molecule is CC(C)CNCc1cncn1CCN1CCCC1. The van der Waals surface area contributed by atoms with Gasteiger partial charge in [-0.05, 0) is 38.4 Å². The van der Waals surface area contributed by atoms with Gasteiger partial charge in [0.1, 0.15) is 0 Å². The minimum atomic E-state index is 0.700. The van der Waals surface area contributed by atoms with Crippen molar-refractivity contribution in [3.8, 4) is 0 Å². The Balaban J connectivity index is 1.75. The first-order chi connectivity index (χ1) is 8.75. The van der Waals surface area contributed by atoms with E-state index in [1.807, 2.05) is 12.5 Å². The van der Waals surface area contributed by atoms with E-state index in [-0.39, 0.29) is 0 Å². The van der Waals surface area contributed by atoms with Gasteiger partial charge >= 0.3 is 0 Å². The highest BCUT2D eigenvalue weighted by Gasteiger charge is 2.11. The summed E-state index contributed by atoms with van der Waals surface area (Å²) in [7, 11) is 0. The van der Waals surface area contributed by atoms with Gasteiger partial charge in [0.05, 0.1) is 12.0 Å². The fourth-order valence-electron chi connectivity index (χ4n) is 2.44. The number of hydrogen-bond acceptors (Lipinski definition) is 3. The van der Waals surface area contributed by atoms with Gasteiger partial charge in [0, 0.05) is 25.8 Å². The van der Waals surface area contributed by atoms with E-state index in [0.717, 1.165) is 26.2 Å². The Bertz CT molecular complexity index is 339. The van der Waals surface area contributed by atoms with Crippen molar-refractivity contribution in [1.29, 1.82) is 0 Å². The van der Waals surface area contributed by atoms with Crippen LogP contribution in [0.1, 0.15) is 32.4 Å². The van der Waals surface area contributed by atoms with Crippen LogP contribution in [0.15, 0.2) is 12.5 Å². The Morgan fingerprint density at radius 1 is 1.28 bits per heavy atom. The fourth-order valence-corrected chi connectivity index (χ4v) is 2.44. The first-order valence-electron chi connectivity index (χ1n) is 7.18. The Labute approximate surface area is 110 Å². The lowest BCUT2D eigenvalue weighted by atomic mass is 10.2. The number of nitrogens with zero attached hydrogens (tertiary/aromatic N) is 3. The second kappa shape index (κ2) is 6.90. The predicted molar refractivity (Wildman–Crippen MR) is 74.4 cm³/mol.